The first kappa shape index (κ1) is 20.0. The zero-order valence-electron chi connectivity index (χ0n) is 17.0. The average molecular weight is 400 g/mol. The molecule has 2 saturated carbocycles. The number of nitrogens with one attached hydrogen (secondary N) is 1. The molecule has 6 heteroatoms. The van der Waals surface area contributed by atoms with Gasteiger partial charge in [0.15, 0.2) is 5.78 Å². The van der Waals surface area contributed by atoms with Crippen molar-refractivity contribution in [2.24, 2.45) is 11.8 Å². The summed E-state index contributed by atoms with van der Waals surface area (Å²) in [5.41, 5.74) is 0.852. The van der Waals surface area contributed by atoms with Crippen molar-refractivity contribution in [1.29, 1.82) is 0 Å². The number of likely N-dealkylation sites (tertiary alicyclic amines) is 1. The third-order valence-electron chi connectivity index (χ3n) is 6.67. The summed E-state index contributed by atoms with van der Waals surface area (Å²) in [6.07, 6.45) is 7.09. The van der Waals surface area contributed by atoms with E-state index in [1.54, 1.807) is 12.1 Å². The molecule has 0 spiro atoms. The van der Waals surface area contributed by atoms with E-state index in [4.69, 9.17) is 0 Å². The summed E-state index contributed by atoms with van der Waals surface area (Å²) in [6.45, 7) is 2.74. The molecule has 1 aromatic carbocycles. The molecule has 29 heavy (non-hydrogen) atoms. The van der Waals surface area contributed by atoms with Crippen LogP contribution in [0, 0.1) is 17.7 Å². The number of benzene rings is 1. The van der Waals surface area contributed by atoms with Gasteiger partial charge in [-0.1, -0.05) is 25.3 Å². The first-order valence-electron chi connectivity index (χ1n) is 10.8. The highest BCUT2D eigenvalue weighted by molar-refractivity contribution is 5.98. The predicted octanol–water partition coefficient (Wildman–Crippen LogP) is 3.43. The van der Waals surface area contributed by atoms with Gasteiger partial charge in [-0.15, -0.1) is 0 Å². The molecule has 1 aliphatic heterocycles. The van der Waals surface area contributed by atoms with Gasteiger partial charge in [0.05, 0.1) is 11.6 Å². The number of hydrogen-bond acceptors (Lipinski definition) is 3. The van der Waals surface area contributed by atoms with E-state index in [0.717, 1.165) is 50.5 Å². The molecule has 3 aliphatic rings. The highest BCUT2D eigenvalue weighted by atomic mass is 19.1. The standard InChI is InChI=1S/C23H29FN2O3/c1-14(27)21(15-5-3-2-4-6-15)25-22(28)19-11-17(9-10-20(19)24)18-12-26(13-18)23(29)16-7-8-16/h9-11,15-16,18,21H,2-8,12-13H2,1H3,(H,25,28)/t21-/m0/s1. The van der Waals surface area contributed by atoms with Crippen LogP contribution in [0.5, 0.6) is 0 Å². The zero-order chi connectivity index (χ0) is 20.5. The van der Waals surface area contributed by atoms with Gasteiger partial charge in [0.1, 0.15) is 5.82 Å². The van der Waals surface area contributed by atoms with E-state index in [2.05, 4.69) is 5.32 Å². The Labute approximate surface area is 171 Å². The van der Waals surface area contributed by atoms with Crippen LogP contribution in [0.25, 0.3) is 0 Å². The van der Waals surface area contributed by atoms with Crippen LogP contribution in [0.1, 0.15) is 73.7 Å². The zero-order valence-corrected chi connectivity index (χ0v) is 17.0. The van der Waals surface area contributed by atoms with E-state index in [1.807, 2.05) is 4.90 Å². The van der Waals surface area contributed by atoms with Crippen LogP contribution in [-0.2, 0) is 9.59 Å². The number of halogens is 1. The Morgan fingerprint density at radius 2 is 1.76 bits per heavy atom. The lowest BCUT2D eigenvalue weighted by Gasteiger charge is -2.40. The average Bonchev–Trinajstić information content (AvgIpc) is 3.51. The smallest absolute Gasteiger partial charge is 0.254 e. The summed E-state index contributed by atoms with van der Waals surface area (Å²) in [5.74, 6) is -0.499. The van der Waals surface area contributed by atoms with E-state index < -0.39 is 17.8 Å². The maximum Gasteiger partial charge on any atom is 0.254 e. The number of carbonyl (C=O) groups excluding carboxylic acids is 3. The quantitative estimate of drug-likeness (QED) is 0.796. The summed E-state index contributed by atoms with van der Waals surface area (Å²) in [4.78, 5) is 38.9. The lowest BCUT2D eigenvalue weighted by molar-refractivity contribution is -0.137. The van der Waals surface area contributed by atoms with E-state index >= 15 is 0 Å². The van der Waals surface area contributed by atoms with Crippen LogP contribution < -0.4 is 5.32 Å². The molecular formula is C23H29FN2O3. The summed E-state index contributed by atoms with van der Waals surface area (Å²) in [7, 11) is 0. The molecule has 2 aliphatic carbocycles. The van der Waals surface area contributed by atoms with Gasteiger partial charge in [0.2, 0.25) is 5.91 Å². The topological polar surface area (TPSA) is 66.5 Å². The predicted molar refractivity (Wildman–Crippen MR) is 107 cm³/mol. The molecule has 156 valence electrons. The van der Waals surface area contributed by atoms with Crippen molar-refractivity contribution < 1.29 is 18.8 Å². The molecule has 2 amide bonds. The molecule has 0 unspecified atom stereocenters. The van der Waals surface area contributed by atoms with Crippen molar-refractivity contribution in [1.82, 2.24) is 10.2 Å². The van der Waals surface area contributed by atoms with Gasteiger partial charge < -0.3 is 10.2 Å². The lowest BCUT2D eigenvalue weighted by atomic mass is 9.82. The second-order valence-corrected chi connectivity index (χ2v) is 8.91. The molecule has 1 N–H and O–H groups in total. The van der Waals surface area contributed by atoms with Gasteiger partial charge in [-0.2, -0.15) is 0 Å². The minimum absolute atomic E-state index is 0.0171. The van der Waals surface area contributed by atoms with E-state index in [1.165, 1.54) is 13.0 Å². The molecule has 0 radical (unpaired) electrons. The molecule has 1 aromatic rings. The van der Waals surface area contributed by atoms with E-state index in [-0.39, 0.29) is 35.0 Å². The van der Waals surface area contributed by atoms with Gasteiger partial charge in [0.25, 0.3) is 5.91 Å². The number of hydrogen-bond donors (Lipinski definition) is 1. The molecule has 5 nitrogen and oxygen atoms in total. The van der Waals surface area contributed by atoms with Crippen LogP contribution in [-0.4, -0.2) is 41.6 Å². The maximum atomic E-state index is 14.4. The van der Waals surface area contributed by atoms with Gasteiger partial charge in [-0.05, 0) is 56.2 Å². The van der Waals surface area contributed by atoms with Gasteiger partial charge >= 0.3 is 0 Å². The molecule has 4 rings (SSSR count). The van der Waals surface area contributed by atoms with Crippen molar-refractivity contribution in [2.45, 2.75) is 63.8 Å². The first-order chi connectivity index (χ1) is 13.9. The molecular weight excluding hydrogens is 371 g/mol. The second kappa shape index (κ2) is 8.25. The van der Waals surface area contributed by atoms with Crippen molar-refractivity contribution in [3.63, 3.8) is 0 Å². The first-order valence-corrected chi connectivity index (χ1v) is 10.8. The highest BCUT2D eigenvalue weighted by Crippen LogP contribution is 2.36. The molecule has 3 fully saturated rings. The Kier molecular flexibility index (Phi) is 5.70. The van der Waals surface area contributed by atoms with Gasteiger partial charge in [-0.25, -0.2) is 4.39 Å². The fourth-order valence-electron chi connectivity index (χ4n) is 4.67. The molecule has 0 bridgehead atoms. The van der Waals surface area contributed by atoms with Crippen LogP contribution in [0.4, 0.5) is 4.39 Å². The molecule has 1 heterocycles. The van der Waals surface area contributed by atoms with E-state index in [9.17, 15) is 18.8 Å². The number of Topliss-reactive ketones (excluding diaryl/α,β-unsaturated/α-hetero) is 1. The van der Waals surface area contributed by atoms with Gasteiger partial charge in [-0.3, -0.25) is 14.4 Å². The van der Waals surface area contributed by atoms with Crippen LogP contribution in [0.3, 0.4) is 0 Å². The van der Waals surface area contributed by atoms with Crippen molar-refractivity contribution in [3.8, 4) is 0 Å². The normalized spacial score (nSPS) is 21.4. The summed E-state index contributed by atoms with van der Waals surface area (Å²) < 4.78 is 14.4. The fraction of sp³-hybridized carbons (Fsp3) is 0.609. The van der Waals surface area contributed by atoms with Crippen molar-refractivity contribution >= 4 is 17.6 Å². The number of amides is 2. The Morgan fingerprint density at radius 3 is 2.38 bits per heavy atom. The Morgan fingerprint density at radius 1 is 1.07 bits per heavy atom. The number of carbonyl (C=O) groups is 3. The Bertz CT molecular complexity index is 808. The van der Waals surface area contributed by atoms with Crippen molar-refractivity contribution in [3.05, 3.63) is 35.1 Å². The second-order valence-electron chi connectivity index (χ2n) is 8.91. The lowest BCUT2D eigenvalue weighted by Crippen LogP contribution is -2.49. The molecule has 0 aromatic heterocycles. The number of nitrogens with zero attached hydrogens (tertiary/aromatic N) is 1. The minimum atomic E-state index is -0.581. The monoisotopic (exact) mass is 400 g/mol. The number of rotatable bonds is 6. The third kappa shape index (κ3) is 4.36. The largest absolute Gasteiger partial charge is 0.342 e. The molecule has 1 saturated heterocycles. The molecule has 1 atom stereocenters. The Hall–Kier alpha value is -2.24. The van der Waals surface area contributed by atoms with Crippen LogP contribution in [0.2, 0.25) is 0 Å². The highest BCUT2D eigenvalue weighted by Gasteiger charge is 2.40. The fourth-order valence-corrected chi connectivity index (χ4v) is 4.67. The van der Waals surface area contributed by atoms with Crippen LogP contribution in [0.15, 0.2) is 18.2 Å². The van der Waals surface area contributed by atoms with Crippen LogP contribution >= 0.6 is 0 Å². The Balaban J connectivity index is 1.43. The maximum absolute atomic E-state index is 14.4. The summed E-state index contributed by atoms with van der Waals surface area (Å²) in [6, 6.07) is 4.05. The summed E-state index contributed by atoms with van der Waals surface area (Å²) >= 11 is 0. The summed E-state index contributed by atoms with van der Waals surface area (Å²) in [5, 5.41) is 2.80. The SMILES string of the molecule is CC(=O)[C@H](NC(=O)c1cc(C2CN(C(=O)C3CC3)C2)ccc1F)C1CCCCC1. The van der Waals surface area contributed by atoms with Crippen molar-refractivity contribution in [2.75, 3.05) is 13.1 Å². The van der Waals surface area contributed by atoms with E-state index in [0.29, 0.717) is 13.1 Å². The van der Waals surface area contributed by atoms with Gasteiger partial charge in [0, 0.05) is 24.9 Å². The minimum Gasteiger partial charge on any atom is -0.342 e. The number of ketones is 1. The third-order valence-corrected chi connectivity index (χ3v) is 6.67.